The highest BCUT2D eigenvalue weighted by atomic mass is 19.1. The predicted molar refractivity (Wildman–Crippen MR) is 70.2 cm³/mol. The molecule has 0 saturated carbocycles. The van der Waals surface area contributed by atoms with E-state index < -0.39 is 10.7 Å². The van der Waals surface area contributed by atoms with Crippen molar-refractivity contribution in [2.45, 2.75) is 6.92 Å². The van der Waals surface area contributed by atoms with Gasteiger partial charge in [-0.1, -0.05) is 0 Å². The number of nitrogens with zero attached hydrogens (tertiary/aromatic N) is 4. The van der Waals surface area contributed by atoms with Crippen LogP contribution in [0.5, 0.6) is 0 Å². The molecule has 0 unspecified atom stereocenters. The molecule has 2 aromatic heterocycles. The standard InChI is InChI=1S/C13H9FN4O2/c1-8-4-6-17(16-8)13-10(14)7-11(18(19)20)9-3-2-5-15-12(9)13/h2-7H,1H3. The fraction of sp³-hybridized carbons (Fsp3) is 0.0769. The third-order valence-corrected chi connectivity index (χ3v) is 2.95. The largest absolute Gasteiger partial charge is 0.281 e. The second-order valence-electron chi connectivity index (χ2n) is 4.28. The lowest BCUT2D eigenvalue weighted by molar-refractivity contribution is -0.383. The Labute approximate surface area is 112 Å². The van der Waals surface area contributed by atoms with Crippen LogP contribution in [0, 0.1) is 22.9 Å². The topological polar surface area (TPSA) is 73.8 Å². The van der Waals surface area contributed by atoms with Crippen molar-refractivity contribution in [3.63, 3.8) is 0 Å². The van der Waals surface area contributed by atoms with E-state index in [9.17, 15) is 14.5 Å². The molecule has 0 saturated heterocycles. The Morgan fingerprint density at radius 2 is 2.20 bits per heavy atom. The number of pyridine rings is 1. The van der Waals surface area contributed by atoms with Crippen molar-refractivity contribution >= 4 is 16.6 Å². The van der Waals surface area contributed by atoms with E-state index in [2.05, 4.69) is 10.1 Å². The van der Waals surface area contributed by atoms with E-state index >= 15 is 0 Å². The molecule has 3 rings (SSSR count). The molecular formula is C13H9FN4O2. The minimum absolute atomic E-state index is 0.110. The molecule has 2 heterocycles. The van der Waals surface area contributed by atoms with Gasteiger partial charge in [-0.3, -0.25) is 15.1 Å². The van der Waals surface area contributed by atoms with E-state index in [0.717, 1.165) is 6.07 Å². The number of nitro benzene ring substituents is 1. The molecule has 0 aliphatic rings. The maximum atomic E-state index is 14.2. The van der Waals surface area contributed by atoms with Crippen molar-refractivity contribution in [2.75, 3.05) is 0 Å². The van der Waals surface area contributed by atoms with E-state index in [4.69, 9.17) is 0 Å². The van der Waals surface area contributed by atoms with Gasteiger partial charge in [0, 0.05) is 12.4 Å². The summed E-state index contributed by atoms with van der Waals surface area (Å²) in [5, 5.41) is 15.4. The number of fused-ring (bicyclic) bond motifs is 1. The molecule has 0 aliphatic carbocycles. The number of benzene rings is 1. The zero-order chi connectivity index (χ0) is 14.3. The second-order valence-corrected chi connectivity index (χ2v) is 4.28. The van der Waals surface area contributed by atoms with E-state index in [1.54, 1.807) is 31.3 Å². The summed E-state index contributed by atoms with van der Waals surface area (Å²) in [6, 6.07) is 5.73. The van der Waals surface area contributed by atoms with Gasteiger partial charge in [0.2, 0.25) is 0 Å². The highest BCUT2D eigenvalue weighted by molar-refractivity contribution is 5.93. The number of non-ortho nitro benzene ring substituents is 1. The average molecular weight is 272 g/mol. The molecular weight excluding hydrogens is 263 g/mol. The molecule has 0 N–H and O–H groups in total. The molecule has 6 nitrogen and oxygen atoms in total. The number of rotatable bonds is 2. The molecule has 0 amide bonds. The third-order valence-electron chi connectivity index (χ3n) is 2.95. The Kier molecular flexibility index (Phi) is 2.67. The Bertz CT molecular complexity index is 828. The molecule has 7 heteroatoms. The van der Waals surface area contributed by atoms with Gasteiger partial charge in [0.25, 0.3) is 5.69 Å². The van der Waals surface area contributed by atoms with Crippen LogP contribution in [0.1, 0.15) is 5.69 Å². The number of aryl methyl sites for hydroxylation is 1. The van der Waals surface area contributed by atoms with Gasteiger partial charge in [-0.25, -0.2) is 9.07 Å². The minimum atomic E-state index is -0.731. The van der Waals surface area contributed by atoms with Crippen LogP contribution < -0.4 is 0 Å². The molecule has 1 aromatic carbocycles. The minimum Gasteiger partial charge on any atom is -0.258 e. The zero-order valence-electron chi connectivity index (χ0n) is 10.4. The quantitative estimate of drug-likeness (QED) is 0.531. The first-order valence-electron chi connectivity index (χ1n) is 5.82. The van der Waals surface area contributed by atoms with Crippen molar-refractivity contribution in [1.82, 2.24) is 14.8 Å². The lowest BCUT2D eigenvalue weighted by Crippen LogP contribution is -2.03. The van der Waals surface area contributed by atoms with Crippen molar-refractivity contribution in [3.8, 4) is 5.69 Å². The van der Waals surface area contributed by atoms with Crippen LogP contribution in [-0.4, -0.2) is 19.7 Å². The highest BCUT2D eigenvalue weighted by Gasteiger charge is 2.21. The van der Waals surface area contributed by atoms with Crippen LogP contribution in [0.15, 0.2) is 36.7 Å². The van der Waals surface area contributed by atoms with E-state index in [-0.39, 0.29) is 22.3 Å². The zero-order valence-corrected chi connectivity index (χ0v) is 10.4. The first-order valence-corrected chi connectivity index (χ1v) is 5.82. The van der Waals surface area contributed by atoms with Gasteiger partial charge < -0.3 is 0 Å². The van der Waals surface area contributed by atoms with Gasteiger partial charge in [-0.05, 0) is 25.1 Å². The van der Waals surface area contributed by atoms with E-state index in [1.165, 1.54) is 10.9 Å². The maximum Gasteiger partial charge on any atom is 0.281 e. The number of aromatic nitrogens is 3. The summed E-state index contributed by atoms with van der Waals surface area (Å²) in [5.41, 5.74) is 0.728. The number of halogens is 1. The summed E-state index contributed by atoms with van der Waals surface area (Å²) in [6.07, 6.45) is 3.05. The van der Waals surface area contributed by atoms with Crippen LogP contribution in [0.25, 0.3) is 16.6 Å². The summed E-state index contributed by atoms with van der Waals surface area (Å²) in [4.78, 5) is 14.5. The van der Waals surface area contributed by atoms with Crippen molar-refractivity contribution < 1.29 is 9.31 Å². The van der Waals surface area contributed by atoms with Crippen molar-refractivity contribution in [1.29, 1.82) is 0 Å². The second kappa shape index (κ2) is 4.37. The van der Waals surface area contributed by atoms with Crippen LogP contribution >= 0.6 is 0 Å². The monoisotopic (exact) mass is 272 g/mol. The Balaban J connectivity index is 2.42. The SMILES string of the molecule is Cc1ccn(-c2c(F)cc([N+](=O)[O-])c3cccnc23)n1. The summed E-state index contributed by atoms with van der Waals surface area (Å²) in [6.45, 7) is 1.77. The predicted octanol–water partition coefficient (Wildman–Crippen LogP) is 2.78. The summed E-state index contributed by atoms with van der Waals surface area (Å²) in [5.74, 6) is -0.731. The average Bonchev–Trinajstić information content (AvgIpc) is 2.83. The molecule has 0 spiro atoms. The van der Waals surface area contributed by atoms with Crippen LogP contribution in [0.2, 0.25) is 0 Å². The number of hydrogen-bond donors (Lipinski definition) is 0. The molecule has 0 atom stereocenters. The van der Waals surface area contributed by atoms with Gasteiger partial charge >= 0.3 is 0 Å². The van der Waals surface area contributed by atoms with E-state index in [1.807, 2.05) is 0 Å². The highest BCUT2D eigenvalue weighted by Crippen LogP contribution is 2.31. The lowest BCUT2D eigenvalue weighted by atomic mass is 10.1. The van der Waals surface area contributed by atoms with Gasteiger partial charge in [0.15, 0.2) is 5.82 Å². The van der Waals surface area contributed by atoms with Gasteiger partial charge in [0.1, 0.15) is 11.2 Å². The van der Waals surface area contributed by atoms with Crippen molar-refractivity contribution in [2.24, 2.45) is 0 Å². The Morgan fingerprint density at radius 3 is 2.85 bits per heavy atom. The molecule has 0 aliphatic heterocycles. The first-order chi connectivity index (χ1) is 9.58. The summed E-state index contributed by atoms with van der Waals surface area (Å²) >= 11 is 0. The molecule has 0 radical (unpaired) electrons. The Hall–Kier alpha value is -2.83. The first kappa shape index (κ1) is 12.2. The summed E-state index contributed by atoms with van der Waals surface area (Å²) < 4.78 is 15.6. The lowest BCUT2D eigenvalue weighted by Gasteiger charge is -2.07. The molecule has 20 heavy (non-hydrogen) atoms. The van der Waals surface area contributed by atoms with Crippen LogP contribution in [-0.2, 0) is 0 Å². The smallest absolute Gasteiger partial charge is 0.258 e. The number of nitro groups is 1. The molecule has 100 valence electrons. The van der Waals surface area contributed by atoms with Gasteiger partial charge in [0.05, 0.1) is 22.1 Å². The number of hydrogen-bond acceptors (Lipinski definition) is 4. The van der Waals surface area contributed by atoms with Crippen LogP contribution in [0.3, 0.4) is 0 Å². The Morgan fingerprint density at radius 1 is 1.40 bits per heavy atom. The van der Waals surface area contributed by atoms with Crippen LogP contribution in [0.4, 0.5) is 10.1 Å². The molecule has 0 fully saturated rings. The third kappa shape index (κ3) is 1.80. The van der Waals surface area contributed by atoms with Gasteiger partial charge in [-0.15, -0.1) is 0 Å². The van der Waals surface area contributed by atoms with Gasteiger partial charge in [-0.2, -0.15) is 5.10 Å². The normalized spacial score (nSPS) is 10.9. The fourth-order valence-electron chi connectivity index (χ4n) is 2.09. The fourth-order valence-corrected chi connectivity index (χ4v) is 2.09. The molecule has 3 aromatic rings. The summed E-state index contributed by atoms with van der Waals surface area (Å²) in [7, 11) is 0. The van der Waals surface area contributed by atoms with E-state index in [0.29, 0.717) is 5.69 Å². The molecule has 0 bridgehead atoms. The maximum absolute atomic E-state index is 14.2. The van der Waals surface area contributed by atoms with Crippen molar-refractivity contribution in [3.05, 3.63) is 58.3 Å².